The lowest BCUT2D eigenvalue weighted by Crippen LogP contribution is -2.34. The number of benzene rings is 1. The van der Waals surface area contributed by atoms with E-state index in [9.17, 15) is 9.59 Å². The van der Waals surface area contributed by atoms with Crippen molar-refractivity contribution in [1.29, 1.82) is 0 Å². The first-order valence-corrected chi connectivity index (χ1v) is 8.24. The van der Waals surface area contributed by atoms with E-state index in [0.717, 1.165) is 25.1 Å². The highest BCUT2D eigenvalue weighted by molar-refractivity contribution is 5.96. The van der Waals surface area contributed by atoms with E-state index in [2.05, 4.69) is 36.2 Å². The number of hydrogen-bond donors (Lipinski definition) is 1. The topological polar surface area (TPSA) is 49.4 Å². The number of rotatable bonds is 4. The lowest BCUT2D eigenvalue weighted by molar-refractivity contribution is -0.128. The third kappa shape index (κ3) is 3.22. The zero-order chi connectivity index (χ0) is 16.4. The van der Waals surface area contributed by atoms with Crippen molar-refractivity contribution in [2.24, 2.45) is 0 Å². The Morgan fingerprint density at radius 3 is 2.91 bits per heavy atom. The molecule has 23 heavy (non-hydrogen) atoms. The van der Waals surface area contributed by atoms with Gasteiger partial charge in [0.2, 0.25) is 5.91 Å². The summed E-state index contributed by atoms with van der Waals surface area (Å²) in [4.78, 5) is 26.0. The third-order valence-corrected chi connectivity index (χ3v) is 4.47. The van der Waals surface area contributed by atoms with Crippen molar-refractivity contribution >= 4 is 11.8 Å². The van der Waals surface area contributed by atoms with Gasteiger partial charge >= 0.3 is 0 Å². The summed E-state index contributed by atoms with van der Waals surface area (Å²) in [6, 6.07) is 8.54. The predicted octanol–water partition coefficient (Wildman–Crippen LogP) is 3.24. The van der Waals surface area contributed by atoms with E-state index in [1.54, 1.807) is 6.92 Å². The van der Waals surface area contributed by atoms with Crippen molar-refractivity contribution in [2.75, 3.05) is 6.54 Å². The largest absolute Gasteiger partial charge is 0.331 e. The SMILES string of the molecule is CCC(=O)NC1=C=C(C(=O)N2CCCC2c2cccc(C)c2)C1.[HH]. The fourth-order valence-electron chi connectivity index (χ4n) is 3.21. The van der Waals surface area contributed by atoms with E-state index in [1.807, 2.05) is 11.0 Å². The molecule has 0 spiro atoms. The number of likely N-dealkylation sites (tertiary alicyclic amines) is 1. The Morgan fingerprint density at radius 1 is 1.43 bits per heavy atom. The standard InChI is InChI=1S/C19H22N2O2.H2/c1-3-18(22)20-16-11-15(12-16)19(23)21-9-5-8-17(21)14-7-4-6-13(2)10-14;/h4,6-7,10,17H,3,5,8-9,11H2,1-2H3,(H,20,22);1H. The number of nitrogens with one attached hydrogen (secondary N) is 1. The first-order chi connectivity index (χ1) is 11.1. The molecule has 2 aliphatic rings. The zero-order valence-electron chi connectivity index (χ0n) is 13.7. The van der Waals surface area contributed by atoms with Crippen molar-refractivity contribution in [2.45, 2.75) is 45.6 Å². The minimum atomic E-state index is -0.0298. The Kier molecular flexibility index (Phi) is 4.35. The summed E-state index contributed by atoms with van der Waals surface area (Å²) in [5.74, 6) is 0.0290. The number of aryl methyl sites for hydroxylation is 1. The van der Waals surface area contributed by atoms with Crippen LogP contribution in [0.4, 0.5) is 0 Å². The van der Waals surface area contributed by atoms with Crippen molar-refractivity contribution in [3.63, 3.8) is 0 Å². The van der Waals surface area contributed by atoms with Crippen LogP contribution in [-0.2, 0) is 9.59 Å². The maximum atomic E-state index is 12.7. The number of carbonyl (C=O) groups excluding carboxylic acids is 2. The predicted molar refractivity (Wildman–Crippen MR) is 90.6 cm³/mol. The van der Waals surface area contributed by atoms with E-state index in [4.69, 9.17) is 0 Å². The first-order valence-electron chi connectivity index (χ1n) is 8.24. The molecule has 1 aromatic carbocycles. The van der Waals surface area contributed by atoms with Gasteiger partial charge in [0.05, 0.1) is 17.3 Å². The summed E-state index contributed by atoms with van der Waals surface area (Å²) in [5, 5.41) is 2.77. The summed E-state index contributed by atoms with van der Waals surface area (Å²) in [7, 11) is 0. The summed E-state index contributed by atoms with van der Waals surface area (Å²) < 4.78 is 0. The number of nitrogens with zero attached hydrogens (tertiary/aromatic N) is 1. The van der Waals surface area contributed by atoms with Gasteiger partial charge in [-0.1, -0.05) is 42.5 Å². The monoisotopic (exact) mass is 312 g/mol. The van der Waals surface area contributed by atoms with E-state index in [0.29, 0.717) is 18.4 Å². The molecule has 1 aliphatic carbocycles. The lowest BCUT2D eigenvalue weighted by Gasteiger charge is -2.27. The second kappa shape index (κ2) is 6.43. The van der Waals surface area contributed by atoms with Gasteiger partial charge in [-0.05, 0) is 25.3 Å². The number of carbonyl (C=O) groups is 2. The zero-order valence-corrected chi connectivity index (χ0v) is 13.7. The molecule has 1 aromatic rings. The Bertz CT molecular complexity index is 720. The molecule has 1 N–H and O–H groups in total. The van der Waals surface area contributed by atoms with Gasteiger partial charge in [-0.15, -0.1) is 0 Å². The normalized spacial score (nSPS) is 19.7. The quantitative estimate of drug-likeness (QED) is 0.868. The molecule has 1 unspecified atom stereocenters. The lowest BCUT2D eigenvalue weighted by atomic mass is 9.98. The Hall–Kier alpha value is -2.32. The fourth-order valence-corrected chi connectivity index (χ4v) is 3.21. The maximum Gasteiger partial charge on any atom is 0.258 e. The molecule has 122 valence electrons. The summed E-state index contributed by atoms with van der Waals surface area (Å²) in [5.41, 5.74) is 6.84. The molecular weight excluding hydrogens is 288 g/mol. The number of amides is 2. The minimum absolute atomic E-state index is 0. The van der Waals surface area contributed by atoms with Crippen LogP contribution in [0.25, 0.3) is 0 Å². The molecule has 1 saturated heterocycles. The Balaban J connectivity index is 0.00000208. The van der Waals surface area contributed by atoms with Crippen LogP contribution >= 0.6 is 0 Å². The summed E-state index contributed by atoms with van der Waals surface area (Å²) >= 11 is 0. The molecule has 4 heteroatoms. The highest BCUT2D eigenvalue weighted by atomic mass is 16.2. The minimum Gasteiger partial charge on any atom is -0.331 e. The van der Waals surface area contributed by atoms with Gasteiger partial charge in [0, 0.05) is 20.8 Å². The molecule has 1 atom stereocenters. The van der Waals surface area contributed by atoms with Crippen LogP contribution in [0.2, 0.25) is 0 Å². The summed E-state index contributed by atoms with van der Waals surface area (Å²) in [6.45, 7) is 4.67. The van der Waals surface area contributed by atoms with Crippen molar-refractivity contribution in [3.8, 4) is 0 Å². The molecule has 2 amide bonds. The van der Waals surface area contributed by atoms with Crippen LogP contribution in [0.1, 0.15) is 51.2 Å². The molecular formula is C19H24N2O2. The fraction of sp³-hybridized carbons (Fsp3) is 0.421. The van der Waals surface area contributed by atoms with Gasteiger partial charge in [0.15, 0.2) is 0 Å². The second-order valence-corrected chi connectivity index (χ2v) is 6.23. The first kappa shape index (κ1) is 15.6. The Morgan fingerprint density at radius 2 is 2.22 bits per heavy atom. The molecule has 0 aromatic heterocycles. The molecule has 4 nitrogen and oxygen atoms in total. The number of hydrogen-bond acceptors (Lipinski definition) is 2. The van der Waals surface area contributed by atoms with Crippen LogP contribution in [0.5, 0.6) is 0 Å². The van der Waals surface area contributed by atoms with E-state index >= 15 is 0 Å². The third-order valence-electron chi connectivity index (χ3n) is 4.47. The molecule has 3 rings (SSSR count). The highest BCUT2D eigenvalue weighted by Gasteiger charge is 2.33. The molecule has 0 bridgehead atoms. The smallest absolute Gasteiger partial charge is 0.258 e. The summed E-state index contributed by atoms with van der Waals surface area (Å²) in [6.07, 6.45) is 2.99. The van der Waals surface area contributed by atoms with Crippen LogP contribution < -0.4 is 5.32 Å². The van der Waals surface area contributed by atoms with Crippen molar-refractivity contribution in [1.82, 2.24) is 10.2 Å². The van der Waals surface area contributed by atoms with Crippen LogP contribution in [0.15, 0.2) is 41.3 Å². The molecule has 1 aliphatic heterocycles. The highest BCUT2D eigenvalue weighted by Crippen LogP contribution is 2.34. The average molecular weight is 312 g/mol. The van der Waals surface area contributed by atoms with Gasteiger partial charge in [-0.2, -0.15) is 0 Å². The van der Waals surface area contributed by atoms with Gasteiger partial charge in [0.1, 0.15) is 0 Å². The van der Waals surface area contributed by atoms with Gasteiger partial charge in [-0.25, -0.2) is 0 Å². The van der Waals surface area contributed by atoms with E-state index < -0.39 is 0 Å². The molecule has 0 saturated carbocycles. The second-order valence-electron chi connectivity index (χ2n) is 6.23. The van der Waals surface area contributed by atoms with Crippen LogP contribution in [0.3, 0.4) is 0 Å². The van der Waals surface area contributed by atoms with Gasteiger partial charge in [-0.3, -0.25) is 9.59 Å². The average Bonchev–Trinajstić information content (AvgIpc) is 2.99. The van der Waals surface area contributed by atoms with Crippen LogP contribution in [0, 0.1) is 6.92 Å². The van der Waals surface area contributed by atoms with E-state index in [1.165, 1.54) is 11.1 Å². The van der Waals surface area contributed by atoms with Crippen LogP contribution in [-0.4, -0.2) is 23.3 Å². The van der Waals surface area contributed by atoms with Crippen molar-refractivity contribution < 1.29 is 11.0 Å². The molecule has 1 heterocycles. The van der Waals surface area contributed by atoms with Gasteiger partial charge in [0.25, 0.3) is 5.91 Å². The van der Waals surface area contributed by atoms with E-state index in [-0.39, 0.29) is 19.3 Å². The Labute approximate surface area is 138 Å². The van der Waals surface area contributed by atoms with Crippen molar-refractivity contribution in [3.05, 3.63) is 52.4 Å². The maximum absolute atomic E-state index is 12.7. The molecule has 0 radical (unpaired) electrons. The molecule has 1 fully saturated rings. The van der Waals surface area contributed by atoms with Gasteiger partial charge < -0.3 is 10.2 Å².